The van der Waals surface area contributed by atoms with Crippen molar-refractivity contribution in [3.8, 4) is 17.0 Å². The van der Waals surface area contributed by atoms with E-state index >= 15 is 0 Å². The third-order valence-corrected chi connectivity index (χ3v) is 3.11. The minimum Gasteiger partial charge on any atom is -0.497 e. The Morgan fingerprint density at radius 1 is 1.41 bits per heavy atom. The van der Waals surface area contributed by atoms with E-state index in [0.29, 0.717) is 6.54 Å². The molecule has 0 saturated heterocycles. The molecule has 0 atom stereocenters. The van der Waals surface area contributed by atoms with Crippen molar-refractivity contribution in [3.63, 3.8) is 0 Å². The number of fused-ring (bicyclic) bond motifs is 3. The van der Waals surface area contributed by atoms with Gasteiger partial charge in [-0.15, -0.1) is 0 Å². The van der Waals surface area contributed by atoms with Gasteiger partial charge in [0.15, 0.2) is 0 Å². The normalized spacial score (nSPS) is 12.4. The zero-order valence-corrected chi connectivity index (χ0v) is 9.68. The van der Waals surface area contributed by atoms with Gasteiger partial charge in [-0.05, 0) is 23.8 Å². The van der Waals surface area contributed by atoms with Crippen LogP contribution >= 0.6 is 0 Å². The summed E-state index contributed by atoms with van der Waals surface area (Å²) in [4.78, 5) is 0. The number of aliphatic hydroxyl groups excluding tert-OH is 1. The van der Waals surface area contributed by atoms with Crippen LogP contribution in [0.15, 0.2) is 24.4 Å². The minimum absolute atomic E-state index is 0.121. The molecular weight excluding hydrogens is 216 g/mol. The smallest absolute Gasteiger partial charge is 0.119 e. The predicted octanol–water partition coefficient (Wildman–Crippen LogP) is 1.46. The van der Waals surface area contributed by atoms with Gasteiger partial charge in [-0.2, -0.15) is 5.10 Å². The monoisotopic (exact) mass is 230 g/mol. The summed E-state index contributed by atoms with van der Waals surface area (Å²) in [5, 5.41) is 13.4. The van der Waals surface area contributed by atoms with Crippen LogP contribution in [0.4, 0.5) is 0 Å². The van der Waals surface area contributed by atoms with Crippen LogP contribution < -0.4 is 4.74 Å². The van der Waals surface area contributed by atoms with Crippen LogP contribution in [-0.4, -0.2) is 28.6 Å². The van der Waals surface area contributed by atoms with Crippen molar-refractivity contribution >= 4 is 0 Å². The molecule has 2 aromatic rings. The standard InChI is InChI=1S/C13H14N2O2/c1-17-11-2-3-12-9(7-11)6-10-8-15(4-5-16)14-13(10)12/h2-3,7-8,16H,4-6H2,1H3. The summed E-state index contributed by atoms with van der Waals surface area (Å²) >= 11 is 0. The average Bonchev–Trinajstić information content (AvgIpc) is 2.85. The second-order valence-electron chi connectivity index (χ2n) is 4.19. The Morgan fingerprint density at radius 2 is 2.29 bits per heavy atom. The first-order valence-corrected chi connectivity index (χ1v) is 5.66. The van der Waals surface area contributed by atoms with Crippen LogP contribution in [0, 0.1) is 0 Å². The third kappa shape index (κ3) is 1.61. The van der Waals surface area contributed by atoms with Gasteiger partial charge in [-0.3, -0.25) is 4.68 Å². The molecule has 1 aliphatic rings. The van der Waals surface area contributed by atoms with E-state index in [1.165, 1.54) is 16.7 Å². The van der Waals surface area contributed by atoms with Gasteiger partial charge in [0.2, 0.25) is 0 Å². The van der Waals surface area contributed by atoms with Crippen LogP contribution in [0.25, 0.3) is 11.3 Å². The number of benzene rings is 1. The van der Waals surface area contributed by atoms with Crippen molar-refractivity contribution in [2.24, 2.45) is 0 Å². The molecule has 1 aliphatic carbocycles. The van der Waals surface area contributed by atoms with E-state index in [2.05, 4.69) is 17.2 Å². The summed E-state index contributed by atoms with van der Waals surface area (Å²) in [6.45, 7) is 0.675. The Morgan fingerprint density at radius 3 is 3.06 bits per heavy atom. The largest absolute Gasteiger partial charge is 0.497 e. The van der Waals surface area contributed by atoms with Crippen molar-refractivity contribution in [3.05, 3.63) is 35.5 Å². The molecule has 17 heavy (non-hydrogen) atoms. The summed E-state index contributed by atoms with van der Waals surface area (Å²) in [6, 6.07) is 6.07. The molecule has 1 N–H and O–H groups in total. The van der Waals surface area contributed by atoms with Crippen LogP contribution in [0.1, 0.15) is 11.1 Å². The quantitative estimate of drug-likeness (QED) is 0.741. The lowest BCUT2D eigenvalue weighted by molar-refractivity contribution is 0.269. The molecule has 0 fully saturated rings. The molecule has 1 heterocycles. The average molecular weight is 230 g/mol. The minimum atomic E-state index is 0.121. The second-order valence-corrected chi connectivity index (χ2v) is 4.19. The van der Waals surface area contributed by atoms with Gasteiger partial charge in [0.25, 0.3) is 0 Å². The van der Waals surface area contributed by atoms with Crippen molar-refractivity contribution in [1.29, 1.82) is 0 Å². The first-order chi connectivity index (χ1) is 8.31. The molecule has 1 aromatic heterocycles. The van der Waals surface area contributed by atoms with Crippen LogP contribution in [0.2, 0.25) is 0 Å². The Labute approximate surface area is 99.5 Å². The van der Waals surface area contributed by atoms with E-state index in [9.17, 15) is 0 Å². The number of aromatic nitrogens is 2. The predicted molar refractivity (Wildman–Crippen MR) is 64.1 cm³/mol. The highest BCUT2D eigenvalue weighted by atomic mass is 16.5. The van der Waals surface area contributed by atoms with E-state index in [4.69, 9.17) is 9.84 Å². The summed E-state index contributed by atoms with van der Waals surface area (Å²) < 4.78 is 7.02. The zero-order valence-electron chi connectivity index (χ0n) is 9.68. The Bertz CT molecular complexity index is 561. The van der Waals surface area contributed by atoms with Crippen LogP contribution in [-0.2, 0) is 13.0 Å². The Kier molecular flexibility index (Phi) is 2.37. The molecule has 0 saturated carbocycles. The molecular formula is C13H14N2O2. The van der Waals surface area contributed by atoms with Crippen molar-refractivity contribution < 1.29 is 9.84 Å². The van der Waals surface area contributed by atoms with Gasteiger partial charge >= 0.3 is 0 Å². The van der Waals surface area contributed by atoms with Gasteiger partial charge in [-0.25, -0.2) is 0 Å². The number of nitrogens with zero attached hydrogens (tertiary/aromatic N) is 2. The number of hydrogen-bond donors (Lipinski definition) is 1. The molecule has 1 aromatic carbocycles. The molecule has 0 bridgehead atoms. The van der Waals surface area contributed by atoms with Gasteiger partial charge < -0.3 is 9.84 Å². The maximum atomic E-state index is 8.90. The Hall–Kier alpha value is -1.81. The highest BCUT2D eigenvalue weighted by Gasteiger charge is 2.22. The highest BCUT2D eigenvalue weighted by molar-refractivity contribution is 5.74. The molecule has 0 spiro atoms. The van der Waals surface area contributed by atoms with E-state index in [1.54, 1.807) is 11.8 Å². The van der Waals surface area contributed by atoms with Crippen molar-refractivity contribution in [2.45, 2.75) is 13.0 Å². The number of hydrogen-bond acceptors (Lipinski definition) is 3. The fourth-order valence-corrected chi connectivity index (χ4v) is 2.32. The topological polar surface area (TPSA) is 47.3 Å². The third-order valence-electron chi connectivity index (χ3n) is 3.11. The lowest BCUT2D eigenvalue weighted by atomic mass is 10.1. The van der Waals surface area contributed by atoms with E-state index in [-0.39, 0.29) is 6.61 Å². The van der Waals surface area contributed by atoms with E-state index in [0.717, 1.165) is 17.9 Å². The van der Waals surface area contributed by atoms with E-state index < -0.39 is 0 Å². The number of rotatable bonds is 3. The number of ether oxygens (including phenoxy) is 1. The fraction of sp³-hybridized carbons (Fsp3) is 0.308. The fourth-order valence-electron chi connectivity index (χ4n) is 2.32. The van der Waals surface area contributed by atoms with Gasteiger partial charge in [0.05, 0.1) is 26.0 Å². The SMILES string of the molecule is COc1ccc2c(c1)Cc1cn(CCO)nc1-2. The maximum absolute atomic E-state index is 8.90. The molecule has 4 nitrogen and oxygen atoms in total. The maximum Gasteiger partial charge on any atom is 0.119 e. The number of aliphatic hydroxyl groups is 1. The first-order valence-electron chi connectivity index (χ1n) is 5.66. The van der Waals surface area contributed by atoms with Gasteiger partial charge in [0.1, 0.15) is 5.75 Å². The zero-order chi connectivity index (χ0) is 11.8. The molecule has 0 radical (unpaired) electrons. The van der Waals surface area contributed by atoms with Gasteiger partial charge in [0, 0.05) is 23.7 Å². The Balaban J connectivity index is 2.01. The van der Waals surface area contributed by atoms with E-state index in [1.807, 2.05) is 12.3 Å². The summed E-state index contributed by atoms with van der Waals surface area (Å²) in [6.07, 6.45) is 2.91. The molecule has 88 valence electrons. The second kappa shape index (κ2) is 3.89. The summed E-state index contributed by atoms with van der Waals surface area (Å²) in [7, 11) is 1.68. The lowest BCUT2D eigenvalue weighted by Crippen LogP contribution is -2.02. The number of methoxy groups -OCH3 is 1. The molecule has 0 amide bonds. The molecule has 3 rings (SSSR count). The van der Waals surface area contributed by atoms with Crippen molar-refractivity contribution in [1.82, 2.24) is 9.78 Å². The first kappa shape index (κ1) is 10.4. The van der Waals surface area contributed by atoms with Crippen LogP contribution in [0.3, 0.4) is 0 Å². The molecule has 0 unspecified atom stereocenters. The highest BCUT2D eigenvalue weighted by Crippen LogP contribution is 2.37. The molecule has 0 aliphatic heterocycles. The van der Waals surface area contributed by atoms with Crippen molar-refractivity contribution in [2.75, 3.05) is 13.7 Å². The summed E-state index contributed by atoms with van der Waals surface area (Å²) in [5.74, 6) is 0.886. The molecule has 4 heteroatoms. The lowest BCUT2D eigenvalue weighted by Gasteiger charge is -2.04. The summed E-state index contributed by atoms with van der Waals surface area (Å²) in [5.41, 5.74) is 4.70. The van der Waals surface area contributed by atoms with Gasteiger partial charge in [-0.1, -0.05) is 0 Å². The van der Waals surface area contributed by atoms with Crippen LogP contribution in [0.5, 0.6) is 5.75 Å².